The summed E-state index contributed by atoms with van der Waals surface area (Å²) >= 11 is 11.0. The number of hydrogen-bond donors (Lipinski definition) is 3. The second kappa shape index (κ2) is 7.21. The number of halogens is 1. The number of benzene rings is 2. The highest BCUT2D eigenvalue weighted by Crippen LogP contribution is 2.19. The molecule has 0 atom stereocenters. The minimum atomic E-state index is -1.03. The fourth-order valence-electron chi connectivity index (χ4n) is 1.97. The molecule has 0 aromatic heterocycles. The van der Waals surface area contributed by atoms with Gasteiger partial charge in [0.1, 0.15) is 0 Å². The van der Waals surface area contributed by atoms with E-state index in [-0.39, 0.29) is 10.7 Å². The standard InChI is InChI=1S/C16H13ClN2O3S/c1-9-10(15(21)22)6-4-8-13(9)18-16(23)19-14(20)11-5-2-3-7-12(11)17/h2-8H,1H3,(H,21,22)(H2,18,19,20,23). The molecule has 0 spiro atoms. The molecule has 0 unspecified atom stereocenters. The molecule has 0 saturated carbocycles. The van der Waals surface area contributed by atoms with Gasteiger partial charge in [-0.2, -0.15) is 0 Å². The summed E-state index contributed by atoms with van der Waals surface area (Å²) in [5, 5.41) is 14.8. The molecule has 7 heteroatoms. The summed E-state index contributed by atoms with van der Waals surface area (Å²) in [7, 11) is 0. The molecular formula is C16H13ClN2O3S. The van der Waals surface area contributed by atoms with Crippen molar-refractivity contribution in [2.75, 3.05) is 5.32 Å². The molecule has 118 valence electrons. The first-order chi connectivity index (χ1) is 10.9. The van der Waals surface area contributed by atoms with E-state index >= 15 is 0 Å². The molecule has 0 bridgehead atoms. The third kappa shape index (κ3) is 4.06. The van der Waals surface area contributed by atoms with Gasteiger partial charge in [-0.05, 0) is 49.0 Å². The number of anilines is 1. The van der Waals surface area contributed by atoms with Crippen molar-refractivity contribution >= 4 is 46.5 Å². The molecule has 0 aliphatic heterocycles. The van der Waals surface area contributed by atoms with Crippen molar-refractivity contribution in [2.24, 2.45) is 0 Å². The number of carboxylic acid groups (broad SMARTS) is 1. The van der Waals surface area contributed by atoms with Gasteiger partial charge in [-0.1, -0.05) is 29.8 Å². The zero-order chi connectivity index (χ0) is 17.0. The monoisotopic (exact) mass is 348 g/mol. The van der Waals surface area contributed by atoms with Crippen LogP contribution in [0.15, 0.2) is 42.5 Å². The highest BCUT2D eigenvalue weighted by atomic mass is 35.5. The van der Waals surface area contributed by atoms with E-state index in [2.05, 4.69) is 10.6 Å². The highest BCUT2D eigenvalue weighted by molar-refractivity contribution is 7.80. The predicted octanol–water partition coefficient (Wildman–Crippen LogP) is 3.47. The van der Waals surface area contributed by atoms with E-state index in [1.807, 2.05) is 0 Å². The normalized spacial score (nSPS) is 10.0. The lowest BCUT2D eigenvalue weighted by Crippen LogP contribution is -2.34. The fraction of sp³-hybridized carbons (Fsp3) is 0.0625. The maximum absolute atomic E-state index is 12.1. The quantitative estimate of drug-likeness (QED) is 0.740. The van der Waals surface area contributed by atoms with Crippen LogP contribution >= 0.6 is 23.8 Å². The molecule has 5 nitrogen and oxygen atoms in total. The Hall–Kier alpha value is -2.44. The second-order valence-electron chi connectivity index (χ2n) is 4.67. The summed E-state index contributed by atoms with van der Waals surface area (Å²) in [6.07, 6.45) is 0. The highest BCUT2D eigenvalue weighted by Gasteiger charge is 2.14. The molecular weight excluding hydrogens is 336 g/mol. The SMILES string of the molecule is Cc1c(NC(=S)NC(=O)c2ccccc2Cl)cccc1C(=O)O. The number of thiocarbonyl (C=S) groups is 1. The smallest absolute Gasteiger partial charge is 0.336 e. The van der Waals surface area contributed by atoms with Crippen molar-refractivity contribution in [3.63, 3.8) is 0 Å². The number of amides is 1. The summed E-state index contributed by atoms with van der Waals surface area (Å²) in [6, 6.07) is 11.4. The maximum Gasteiger partial charge on any atom is 0.336 e. The third-order valence-corrected chi connectivity index (χ3v) is 3.69. The minimum Gasteiger partial charge on any atom is -0.478 e. The van der Waals surface area contributed by atoms with Crippen LogP contribution in [0.2, 0.25) is 5.02 Å². The molecule has 0 aliphatic carbocycles. The average Bonchev–Trinajstić information content (AvgIpc) is 2.49. The summed E-state index contributed by atoms with van der Waals surface area (Å²) < 4.78 is 0. The first kappa shape index (κ1) is 16.9. The Morgan fingerprint density at radius 2 is 1.74 bits per heavy atom. The number of carbonyl (C=O) groups excluding carboxylic acids is 1. The first-order valence-electron chi connectivity index (χ1n) is 6.60. The summed E-state index contributed by atoms with van der Waals surface area (Å²) in [5.41, 5.74) is 1.49. The van der Waals surface area contributed by atoms with Gasteiger partial charge in [0, 0.05) is 5.69 Å². The van der Waals surface area contributed by atoms with Crippen LogP contribution in [0.5, 0.6) is 0 Å². The van der Waals surface area contributed by atoms with Crippen LogP contribution in [0.3, 0.4) is 0 Å². The van der Waals surface area contributed by atoms with Crippen molar-refractivity contribution in [3.8, 4) is 0 Å². The topological polar surface area (TPSA) is 78.4 Å². The zero-order valence-corrected chi connectivity index (χ0v) is 13.7. The molecule has 23 heavy (non-hydrogen) atoms. The zero-order valence-electron chi connectivity index (χ0n) is 12.1. The van der Waals surface area contributed by atoms with Gasteiger partial charge in [0.2, 0.25) is 0 Å². The van der Waals surface area contributed by atoms with E-state index < -0.39 is 11.9 Å². The Balaban J connectivity index is 2.12. The largest absolute Gasteiger partial charge is 0.478 e. The van der Waals surface area contributed by atoms with Gasteiger partial charge in [0.05, 0.1) is 16.1 Å². The van der Waals surface area contributed by atoms with Gasteiger partial charge in [-0.25, -0.2) is 4.79 Å². The van der Waals surface area contributed by atoms with E-state index in [0.29, 0.717) is 21.8 Å². The van der Waals surface area contributed by atoms with Gasteiger partial charge >= 0.3 is 5.97 Å². The maximum atomic E-state index is 12.1. The number of hydrogen-bond acceptors (Lipinski definition) is 3. The molecule has 0 saturated heterocycles. The molecule has 1 amide bonds. The lowest BCUT2D eigenvalue weighted by Gasteiger charge is -2.13. The van der Waals surface area contributed by atoms with E-state index in [0.717, 1.165) is 0 Å². The molecule has 2 rings (SSSR count). The van der Waals surface area contributed by atoms with Gasteiger partial charge in [-0.3, -0.25) is 10.1 Å². The Kier molecular flexibility index (Phi) is 5.31. The van der Waals surface area contributed by atoms with E-state index in [1.165, 1.54) is 6.07 Å². The van der Waals surface area contributed by atoms with Crippen LogP contribution in [0.4, 0.5) is 5.69 Å². The van der Waals surface area contributed by atoms with E-state index in [4.69, 9.17) is 28.9 Å². The van der Waals surface area contributed by atoms with Crippen LogP contribution in [-0.2, 0) is 0 Å². The lowest BCUT2D eigenvalue weighted by atomic mass is 10.1. The van der Waals surface area contributed by atoms with Crippen molar-refractivity contribution in [1.82, 2.24) is 5.32 Å². The van der Waals surface area contributed by atoms with Crippen LogP contribution in [0.25, 0.3) is 0 Å². The van der Waals surface area contributed by atoms with Gasteiger partial charge < -0.3 is 10.4 Å². The van der Waals surface area contributed by atoms with Crippen molar-refractivity contribution in [3.05, 3.63) is 64.2 Å². The first-order valence-corrected chi connectivity index (χ1v) is 7.38. The van der Waals surface area contributed by atoms with Gasteiger partial charge in [0.25, 0.3) is 5.91 Å². The van der Waals surface area contributed by atoms with Crippen molar-refractivity contribution in [1.29, 1.82) is 0 Å². The molecule has 0 aliphatic rings. The predicted molar refractivity (Wildman–Crippen MR) is 93.3 cm³/mol. The average molecular weight is 349 g/mol. The molecule has 2 aromatic rings. The van der Waals surface area contributed by atoms with Gasteiger partial charge in [0.15, 0.2) is 5.11 Å². The summed E-state index contributed by atoms with van der Waals surface area (Å²) in [6.45, 7) is 1.66. The number of aromatic carboxylic acids is 1. The van der Waals surface area contributed by atoms with Crippen molar-refractivity contribution < 1.29 is 14.7 Å². The molecule has 0 fully saturated rings. The van der Waals surface area contributed by atoms with Crippen LogP contribution in [0.1, 0.15) is 26.3 Å². The number of carboxylic acids is 1. The minimum absolute atomic E-state index is 0.0561. The fourth-order valence-corrected chi connectivity index (χ4v) is 2.40. The number of carbonyl (C=O) groups is 2. The van der Waals surface area contributed by atoms with Crippen molar-refractivity contribution in [2.45, 2.75) is 6.92 Å². The Bertz CT molecular complexity index is 793. The van der Waals surface area contributed by atoms with E-state index in [9.17, 15) is 9.59 Å². The van der Waals surface area contributed by atoms with Crippen LogP contribution in [-0.4, -0.2) is 22.1 Å². The van der Waals surface area contributed by atoms with Gasteiger partial charge in [-0.15, -0.1) is 0 Å². The Morgan fingerprint density at radius 1 is 1.09 bits per heavy atom. The summed E-state index contributed by atoms with van der Waals surface area (Å²) in [5.74, 6) is -1.47. The molecule has 0 heterocycles. The van der Waals surface area contributed by atoms with Crippen LogP contribution < -0.4 is 10.6 Å². The Morgan fingerprint density at radius 3 is 2.39 bits per heavy atom. The lowest BCUT2D eigenvalue weighted by molar-refractivity contribution is 0.0696. The Labute approximate surface area is 143 Å². The molecule has 3 N–H and O–H groups in total. The van der Waals surface area contributed by atoms with E-state index in [1.54, 1.807) is 43.3 Å². The molecule has 2 aromatic carbocycles. The summed E-state index contributed by atoms with van der Waals surface area (Å²) in [4.78, 5) is 23.2. The van der Waals surface area contributed by atoms with Crippen LogP contribution in [0, 0.1) is 6.92 Å². The second-order valence-corrected chi connectivity index (χ2v) is 5.49. The number of rotatable bonds is 3. The number of nitrogens with one attached hydrogen (secondary N) is 2. The molecule has 0 radical (unpaired) electrons. The third-order valence-electron chi connectivity index (χ3n) is 3.16.